The summed E-state index contributed by atoms with van der Waals surface area (Å²) < 4.78 is 21.2. The van der Waals surface area contributed by atoms with Crippen LogP contribution >= 0.6 is 15.6 Å². The molecule has 0 spiro atoms. The van der Waals surface area contributed by atoms with Crippen molar-refractivity contribution < 1.29 is 122 Å². The van der Waals surface area contributed by atoms with Crippen molar-refractivity contribution in [2.75, 3.05) is 0 Å². The molecule has 0 heterocycles. The average Bonchev–Trinajstić information content (AvgIpc) is 1.14. The van der Waals surface area contributed by atoms with E-state index in [2.05, 4.69) is 4.31 Å². The summed E-state index contributed by atoms with van der Waals surface area (Å²) in [6.45, 7) is 0. The topological polar surface area (TPSA) is 136 Å². The first-order valence-corrected chi connectivity index (χ1v) is 4.38. The summed E-state index contributed by atoms with van der Waals surface area (Å²) >= 11 is 0. The second kappa shape index (κ2) is 9.48. The molecular formula is Na3O7P2-. The van der Waals surface area contributed by atoms with E-state index in [1.54, 1.807) is 0 Å². The standard InChI is InChI=1S/3Na.H4O7P2/c;;;1-8(2,3)7-9(4,5)6/h;;;(H2,1,2,3)(H2,4,5,6)/q3*+1;/p-4. The number of hydrogen-bond donors (Lipinski definition) is 0. The Hall–Kier alpha value is 3.26. The maximum atomic E-state index is 9.32. The quantitative estimate of drug-likeness (QED) is 0.346. The van der Waals surface area contributed by atoms with Gasteiger partial charge in [0.15, 0.2) is 0 Å². The molecule has 0 aliphatic heterocycles. The van der Waals surface area contributed by atoms with E-state index >= 15 is 0 Å². The minimum absolute atomic E-state index is 0. The van der Waals surface area contributed by atoms with Crippen molar-refractivity contribution in [3.8, 4) is 0 Å². The molecule has 0 N–H and O–H groups in total. The average molecular weight is 243 g/mol. The van der Waals surface area contributed by atoms with Crippen LogP contribution in [0.2, 0.25) is 0 Å². The van der Waals surface area contributed by atoms with E-state index in [0.717, 1.165) is 0 Å². The minimum atomic E-state index is -5.68. The van der Waals surface area contributed by atoms with Gasteiger partial charge in [0.25, 0.3) is 0 Å². The molecule has 12 heteroatoms. The zero-order chi connectivity index (χ0) is 7.71. The number of hydrogen-bond acceptors (Lipinski definition) is 7. The Morgan fingerprint density at radius 3 is 0.917 bits per heavy atom. The first kappa shape index (κ1) is 24.5. The smallest absolute Gasteiger partial charge is 0.790 e. The van der Waals surface area contributed by atoms with E-state index in [4.69, 9.17) is 0 Å². The molecule has 0 aliphatic carbocycles. The Morgan fingerprint density at radius 2 is 0.917 bits per heavy atom. The Labute approximate surface area is 135 Å². The van der Waals surface area contributed by atoms with Crippen molar-refractivity contribution in [1.82, 2.24) is 0 Å². The fourth-order valence-corrected chi connectivity index (χ4v) is 1.10. The molecule has 12 heavy (non-hydrogen) atoms. The third-order valence-corrected chi connectivity index (χ3v) is 1.80. The molecule has 0 atom stereocenters. The van der Waals surface area contributed by atoms with E-state index in [9.17, 15) is 28.7 Å². The van der Waals surface area contributed by atoms with E-state index in [-0.39, 0.29) is 88.7 Å². The van der Waals surface area contributed by atoms with Gasteiger partial charge >= 0.3 is 88.7 Å². The maximum Gasteiger partial charge on any atom is 1.00 e. The normalized spacial score (nSPS) is 10.3. The molecule has 0 aromatic heterocycles. The van der Waals surface area contributed by atoms with E-state index in [1.807, 2.05) is 0 Å². The van der Waals surface area contributed by atoms with Crippen LogP contribution in [0.25, 0.3) is 0 Å². The van der Waals surface area contributed by atoms with E-state index in [1.165, 1.54) is 0 Å². The predicted molar refractivity (Wildman–Crippen MR) is 16.3 cm³/mol. The van der Waals surface area contributed by atoms with Crippen LogP contribution in [0, 0.1) is 0 Å². The minimum Gasteiger partial charge on any atom is -0.790 e. The van der Waals surface area contributed by atoms with Gasteiger partial charge in [0.2, 0.25) is 0 Å². The SMILES string of the molecule is O=P([O-])([O-])OP(=O)([O-])[O-].[Na+].[Na+].[Na+]. The number of phosphoric acid groups is 2. The van der Waals surface area contributed by atoms with Crippen LogP contribution in [0.4, 0.5) is 0 Å². The summed E-state index contributed by atoms with van der Waals surface area (Å²) in [5.41, 5.74) is 0. The monoisotopic (exact) mass is 243 g/mol. The van der Waals surface area contributed by atoms with Gasteiger partial charge in [0, 0.05) is 0 Å². The van der Waals surface area contributed by atoms with Crippen molar-refractivity contribution in [2.45, 2.75) is 0 Å². The van der Waals surface area contributed by atoms with Gasteiger partial charge in [0.05, 0.1) is 15.6 Å². The predicted octanol–water partition coefficient (Wildman–Crippen LogP) is -12.3. The third kappa shape index (κ3) is 23.2. The molecule has 0 saturated carbocycles. The second-order valence-electron chi connectivity index (χ2n) is 0.976. The molecule has 0 unspecified atom stereocenters. The summed E-state index contributed by atoms with van der Waals surface area (Å²) in [6.07, 6.45) is 0. The summed E-state index contributed by atoms with van der Waals surface area (Å²) in [7, 11) is -11.4. The molecule has 7 nitrogen and oxygen atoms in total. The molecule has 0 bridgehead atoms. The van der Waals surface area contributed by atoms with Gasteiger partial charge in [-0.15, -0.1) is 0 Å². The largest absolute Gasteiger partial charge is 1.00 e. The van der Waals surface area contributed by atoms with Gasteiger partial charge < -0.3 is 33.0 Å². The zero-order valence-electron chi connectivity index (χ0n) is 6.75. The summed E-state index contributed by atoms with van der Waals surface area (Å²) in [5.74, 6) is 0. The van der Waals surface area contributed by atoms with Crippen LogP contribution in [-0.4, -0.2) is 0 Å². The van der Waals surface area contributed by atoms with Gasteiger partial charge in [-0.05, 0) is 0 Å². The zero-order valence-corrected chi connectivity index (χ0v) is 14.5. The van der Waals surface area contributed by atoms with Gasteiger partial charge in [0.1, 0.15) is 0 Å². The van der Waals surface area contributed by atoms with E-state index < -0.39 is 15.6 Å². The molecule has 0 aromatic rings. The van der Waals surface area contributed by atoms with Crippen LogP contribution in [0.15, 0.2) is 0 Å². The maximum absolute atomic E-state index is 9.32. The molecule has 56 valence electrons. The van der Waals surface area contributed by atoms with Crippen LogP contribution < -0.4 is 108 Å². The fraction of sp³-hybridized carbons (Fsp3) is 0. The van der Waals surface area contributed by atoms with Crippen LogP contribution in [0.5, 0.6) is 0 Å². The van der Waals surface area contributed by atoms with E-state index in [0.29, 0.717) is 0 Å². The van der Waals surface area contributed by atoms with Gasteiger partial charge in [-0.25, -0.2) is 0 Å². The first-order valence-electron chi connectivity index (χ1n) is 1.46. The molecular weight excluding hydrogens is 243 g/mol. The van der Waals surface area contributed by atoms with Crippen LogP contribution in [-0.2, 0) is 13.4 Å². The van der Waals surface area contributed by atoms with Crippen molar-refractivity contribution >= 4 is 15.6 Å². The summed E-state index contributed by atoms with van der Waals surface area (Å²) in [5, 5.41) is 0. The third-order valence-electron chi connectivity index (χ3n) is 0.200. The van der Waals surface area contributed by atoms with Crippen molar-refractivity contribution in [3.05, 3.63) is 0 Å². The van der Waals surface area contributed by atoms with Crippen molar-refractivity contribution in [2.24, 2.45) is 0 Å². The Balaban J connectivity index is -0.000000107. The van der Waals surface area contributed by atoms with Gasteiger partial charge in [-0.1, -0.05) is 0 Å². The summed E-state index contributed by atoms with van der Waals surface area (Å²) in [4.78, 5) is 37.3. The van der Waals surface area contributed by atoms with Crippen molar-refractivity contribution in [3.63, 3.8) is 0 Å². The molecule has 0 saturated heterocycles. The van der Waals surface area contributed by atoms with Gasteiger partial charge in [-0.2, -0.15) is 0 Å². The Kier molecular flexibility index (Phi) is 19.3. The van der Waals surface area contributed by atoms with Gasteiger partial charge in [-0.3, -0.25) is 0 Å². The second-order valence-corrected chi connectivity index (χ2v) is 3.42. The molecule has 0 amide bonds. The van der Waals surface area contributed by atoms with Crippen LogP contribution in [0.3, 0.4) is 0 Å². The van der Waals surface area contributed by atoms with Crippen molar-refractivity contribution in [1.29, 1.82) is 0 Å². The molecule has 0 fully saturated rings. The molecule has 0 aromatic carbocycles. The molecule has 0 aliphatic rings. The first-order chi connectivity index (χ1) is 3.71. The molecule has 0 radical (unpaired) electrons. The Morgan fingerprint density at radius 1 is 0.750 bits per heavy atom. The van der Waals surface area contributed by atoms with Crippen LogP contribution in [0.1, 0.15) is 0 Å². The Bertz CT molecular complexity index is 157. The fourth-order valence-electron chi connectivity index (χ4n) is 0.122. The molecule has 0 rings (SSSR count). The number of rotatable bonds is 2. The summed E-state index contributed by atoms with van der Waals surface area (Å²) in [6, 6.07) is 0.